The highest BCUT2D eigenvalue weighted by Crippen LogP contribution is 2.30. The first-order chi connectivity index (χ1) is 8.10. The van der Waals surface area contributed by atoms with Gasteiger partial charge in [-0.3, -0.25) is 4.79 Å². The van der Waals surface area contributed by atoms with Crippen LogP contribution in [0.15, 0.2) is 28.0 Å². The Bertz CT molecular complexity index is 454. The predicted octanol–water partition coefficient (Wildman–Crippen LogP) is 3.09. The zero-order chi connectivity index (χ0) is 12.8. The Morgan fingerprint density at radius 1 is 1.53 bits per heavy atom. The van der Waals surface area contributed by atoms with Crippen LogP contribution in [0.2, 0.25) is 0 Å². The van der Waals surface area contributed by atoms with E-state index in [9.17, 15) is 4.79 Å². The van der Waals surface area contributed by atoms with Gasteiger partial charge in [0, 0.05) is 15.5 Å². The number of rotatable bonds is 5. The number of aliphatic carboxylic acids is 1. The largest absolute Gasteiger partial charge is 0.481 e. The summed E-state index contributed by atoms with van der Waals surface area (Å²) in [6, 6.07) is 7.82. The van der Waals surface area contributed by atoms with Gasteiger partial charge in [-0.2, -0.15) is 5.26 Å². The van der Waals surface area contributed by atoms with Gasteiger partial charge >= 0.3 is 5.97 Å². The minimum atomic E-state index is -0.808. The lowest BCUT2D eigenvalue weighted by molar-refractivity contribution is -0.140. The zero-order valence-corrected chi connectivity index (χ0v) is 11.3. The number of hydrogen-bond acceptors (Lipinski definition) is 4. The maximum Gasteiger partial charge on any atom is 0.307 e. The van der Waals surface area contributed by atoms with Gasteiger partial charge in [0.2, 0.25) is 0 Å². The number of benzene rings is 1. The van der Waals surface area contributed by atoms with Crippen molar-refractivity contribution in [2.45, 2.75) is 16.7 Å². The van der Waals surface area contributed by atoms with Crippen molar-refractivity contribution < 1.29 is 9.90 Å². The Kier molecular flexibility index (Phi) is 5.39. The molecule has 0 fully saturated rings. The molecule has 0 amide bonds. The molecule has 0 spiro atoms. The van der Waals surface area contributed by atoms with Crippen LogP contribution in [-0.2, 0) is 4.79 Å². The van der Waals surface area contributed by atoms with Crippen LogP contribution in [0, 0.1) is 17.2 Å². The molecule has 0 heterocycles. The molecule has 0 aliphatic heterocycles. The number of thioether (sulfide) groups is 2. The topological polar surface area (TPSA) is 61.1 Å². The second-order valence-electron chi connectivity index (χ2n) is 3.50. The van der Waals surface area contributed by atoms with E-state index in [-0.39, 0.29) is 0 Å². The highest BCUT2D eigenvalue weighted by atomic mass is 32.2. The lowest BCUT2D eigenvalue weighted by atomic mass is 10.2. The van der Waals surface area contributed by atoms with Gasteiger partial charge in [-0.05, 0) is 18.4 Å². The molecule has 0 saturated carbocycles. The molecular formula is C12H13NO2S2. The summed E-state index contributed by atoms with van der Waals surface area (Å²) in [5, 5.41) is 17.9. The molecule has 1 rings (SSSR count). The van der Waals surface area contributed by atoms with Crippen molar-refractivity contribution in [3.05, 3.63) is 23.8 Å². The van der Waals surface area contributed by atoms with Gasteiger partial charge in [0.1, 0.15) is 6.07 Å². The van der Waals surface area contributed by atoms with Crippen LogP contribution >= 0.6 is 23.5 Å². The van der Waals surface area contributed by atoms with E-state index in [2.05, 4.69) is 6.07 Å². The van der Waals surface area contributed by atoms with E-state index < -0.39 is 11.9 Å². The third-order valence-corrected chi connectivity index (χ3v) is 4.33. The fraction of sp³-hybridized carbons (Fsp3) is 0.333. The van der Waals surface area contributed by atoms with Gasteiger partial charge in [-0.15, -0.1) is 23.5 Å². The van der Waals surface area contributed by atoms with Crippen molar-refractivity contribution in [1.29, 1.82) is 5.26 Å². The molecule has 1 aromatic carbocycles. The van der Waals surface area contributed by atoms with Crippen molar-refractivity contribution in [2.75, 3.05) is 12.0 Å². The number of nitrogens with zero attached hydrogens (tertiary/aromatic N) is 1. The molecule has 90 valence electrons. The van der Waals surface area contributed by atoms with E-state index in [1.807, 2.05) is 24.5 Å². The summed E-state index contributed by atoms with van der Waals surface area (Å²) >= 11 is 2.94. The van der Waals surface area contributed by atoms with Crippen molar-refractivity contribution in [1.82, 2.24) is 0 Å². The maximum absolute atomic E-state index is 10.7. The van der Waals surface area contributed by atoms with Crippen molar-refractivity contribution >= 4 is 29.5 Å². The molecule has 3 nitrogen and oxygen atoms in total. The molecule has 0 saturated heterocycles. The molecule has 0 radical (unpaired) electrons. The Morgan fingerprint density at radius 2 is 2.18 bits per heavy atom. The molecule has 0 bridgehead atoms. The van der Waals surface area contributed by atoms with Crippen LogP contribution < -0.4 is 0 Å². The van der Waals surface area contributed by atoms with Crippen LogP contribution in [0.4, 0.5) is 0 Å². The molecular weight excluding hydrogens is 254 g/mol. The quantitative estimate of drug-likeness (QED) is 0.831. The molecule has 1 unspecified atom stereocenters. The van der Waals surface area contributed by atoms with Gasteiger partial charge in [0.05, 0.1) is 11.5 Å². The highest BCUT2D eigenvalue weighted by Gasteiger charge is 2.13. The minimum absolute atomic E-state index is 0.413. The molecule has 17 heavy (non-hydrogen) atoms. The molecule has 0 aromatic heterocycles. The van der Waals surface area contributed by atoms with Crippen LogP contribution in [-0.4, -0.2) is 23.1 Å². The summed E-state index contributed by atoms with van der Waals surface area (Å²) < 4.78 is 0. The first-order valence-electron chi connectivity index (χ1n) is 5.02. The highest BCUT2D eigenvalue weighted by molar-refractivity contribution is 8.00. The summed E-state index contributed by atoms with van der Waals surface area (Å²) in [4.78, 5) is 12.5. The Labute approximate surface area is 109 Å². The van der Waals surface area contributed by atoms with Crippen molar-refractivity contribution in [2.24, 2.45) is 5.92 Å². The molecule has 5 heteroatoms. The monoisotopic (exact) mass is 267 g/mol. The normalized spacial score (nSPS) is 11.8. The summed E-state index contributed by atoms with van der Waals surface area (Å²) in [5.41, 5.74) is 0.641. The van der Waals surface area contributed by atoms with Crippen LogP contribution in [0.1, 0.15) is 12.5 Å². The van der Waals surface area contributed by atoms with E-state index in [0.29, 0.717) is 11.3 Å². The van der Waals surface area contributed by atoms with Crippen molar-refractivity contribution in [3.63, 3.8) is 0 Å². The molecule has 0 aliphatic rings. The molecule has 1 N–H and O–H groups in total. The molecule has 0 aliphatic carbocycles. The standard InChI is InChI=1S/C12H13NO2S2/c1-8(12(14)15)7-17-11-5-3-4-10(16-2)9(11)6-13/h3-5,8H,7H2,1-2H3,(H,14,15). The van der Waals surface area contributed by atoms with E-state index >= 15 is 0 Å². The fourth-order valence-electron chi connectivity index (χ4n) is 1.20. The average Bonchev–Trinajstić information content (AvgIpc) is 2.34. The molecule has 1 aromatic rings. The number of carboxylic acid groups (broad SMARTS) is 1. The van der Waals surface area contributed by atoms with Crippen LogP contribution in [0.5, 0.6) is 0 Å². The number of carbonyl (C=O) groups is 1. The van der Waals surface area contributed by atoms with E-state index in [1.165, 1.54) is 23.5 Å². The molecule has 1 atom stereocenters. The summed E-state index contributed by atoms with van der Waals surface area (Å²) in [7, 11) is 0. The second kappa shape index (κ2) is 6.58. The lowest BCUT2D eigenvalue weighted by Gasteiger charge is -2.09. The smallest absolute Gasteiger partial charge is 0.307 e. The zero-order valence-electron chi connectivity index (χ0n) is 9.64. The maximum atomic E-state index is 10.7. The van der Waals surface area contributed by atoms with Gasteiger partial charge in [-0.1, -0.05) is 13.0 Å². The first kappa shape index (κ1) is 13.9. The van der Waals surface area contributed by atoms with E-state index in [0.717, 1.165) is 9.79 Å². The summed E-state index contributed by atoms with van der Waals surface area (Å²) in [5.74, 6) is -0.747. The first-order valence-corrected chi connectivity index (χ1v) is 7.24. The summed E-state index contributed by atoms with van der Waals surface area (Å²) in [6.07, 6.45) is 1.92. The lowest BCUT2D eigenvalue weighted by Crippen LogP contribution is -2.11. The van der Waals surface area contributed by atoms with Gasteiger partial charge in [0.25, 0.3) is 0 Å². The SMILES string of the molecule is CSc1cccc(SCC(C)C(=O)O)c1C#N. The third kappa shape index (κ3) is 3.69. The van der Waals surface area contributed by atoms with Crippen LogP contribution in [0.25, 0.3) is 0 Å². The van der Waals surface area contributed by atoms with Gasteiger partial charge < -0.3 is 5.11 Å². The van der Waals surface area contributed by atoms with E-state index in [4.69, 9.17) is 10.4 Å². The van der Waals surface area contributed by atoms with Gasteiger partial charge in [0.15, 0.2) is 0 Å². The van der Waals surface area contributed by atoms with Crippen molar-refractivity contribution in [3.8, 4) is 6.07 Å². The minimum Gasteiger partial charge on any atom is -0.481 e. The average molecular weight is 267 g/mol. The second-order valence-corrected chi connectivity index (χ2v) is 5.41. The number of hydrogen-bond donors (Lipinski definition) is 1. The Hall–Kier alpha value is -1.12. The Balaban J connectivity index is 2.85. The predicted molar refractivity (Wildman–Crippen MR) is 70.5 cm³/mol. The Morgan fingerprint density at radius 3 is 2.71 bits per heavy atom. The van der Waals surface area contributed by atoms with Gasteiger partial charge in [-0.25, -0.2) is 0 Å². The summed E-state index contributed by atoms with van der Waals surface area (Å²) in [6.45, 7) is 1.67. The number of nitriles is 1. The van der Waals surface area contributed by atoms with Crippen LogP contribution in [0.3, 0.4) is 0 Å². The number of carboxylic acids is 1. The third-order valence-electron chi connectivity index (χ3n) is 2.23. The fourth-order valence-corrected chi connectivity index (χ4v) is 2.88. The van der Waals surface area contributed by atoms with E-state index in [1.54, 1.807) is 6.92 Å².